The summed E-state index contributed by atoms with van der Waals surface area (Å²) in [6.07, 6.45) is 4.40. The van der Waals surface area contributed by atoms with Crippen LogP contribution in [0.4, 0.5) is 0 Å². The van der Waals surface area contributed by atoms with Gasteiger partial charge in [-0.1, -0.05) is 12.8 Å². The van der Waals surface area contributed by atoms with Crippen LogP contribution in [-0.4, -0.2) is 41.9 Å². The second-order valence-corrected chi connectivity index (χ2v) is 5.11. The number of carbonyl (C=O) groups excluding carboxylic acids is 2. The van der Waals surface area contributed by atoms with Gasteiger partial charge in [0.15, 0.2) is 0 Å². The molecule has 104 valence electrons. The molecule has 0 spiro atoms. The van der Waals surface area contributed by atoms with Crippen LogP contribution in [0.1, 0.15) is 46.0 Å². The molecule has 0 radical (unpaired) electrons. The summed E-state index contributed by atoms with van der Waals surface area (Å²) in [5, 5.41) is 2.70. The van der Waals surface area contributed by atoms with E-state index < -0.39 is 0 Å². The molecule has 5 nitrogen and oxygen atoms in total. The van der Waals surface area contributed by atoms with Crippen LogP contribution < -0.4 is 11.1 Å². The number of carbonyl (C=O) groups is 2. The Labute approximate surface area is 109 Å². The second-order valence-electron chi connectivity index (χ2n) is 5.11. The smallest absolute Gasteiger partial charge is 0.239 e. The molecule has 0 bridgehead atoms. The highest BCUT2D eigenvalue weighted by Gasteiger charge is 2.33. The first-order chi connectivity index (χ1) is 8.50. The Morgan fingerprint density at radius 2 is 1.89 bits per heavy atom. The predicted octanol–water partition coefficient (Wildman–Crippen LogP) is 0.633. The van der Waals surface area contributed by atoms with Gasteiger partial charge in [-0.15, -0.1) is 0 Å². The Kier molecular flexibility index (Phi) is 5.59. The summed E-state index contributed by atoms with van der Waals surface area (Å²) in [6, 6.07) is 0. The molecule has 0 atom stereocenters. The SMILES string of the molecule is CCNC(=O)CN(CC)C(=O)CC1(N)CCCC1. The van der Waals surface area contributed by atoms with Crippen LogP contribution >= 0.6 is 0 Å². The molecule has 0 unspecified atom stereocenters. The molecule has 3 N–H and O–H groups in total. The molecule has 1 aliphatic carbocycles. The van der Waals surface area contributed by atoms with Crippen LogP contribution in [-0.2, 0) is 9.59 Å². The maximum atomic E-state index is 12.1. The first-order valence-electron chi connectivity index (χ1n) is 6.84. The van der Waals surface area contributed by atoms with E-state index in [0.29, 0.717) is 19.5 Å². The molecule has 2 amide bonds. The van der Waals surface area contributed by atoms with E-state index >= 15 is 0 Å². The molecule has 0 saturated heterocycles. The summed E-state index contributed by atoms with van der Waals surface area (Å²) in [5.74, 6) is -0.113. The van der Waals surface area contributed by atoms with Gasteiger partial charge in [0.1, 0.15) is 0 Å². The highest BCUT2D eigenvalue weighted by molar-refractivity contribution is 5.85. The van der Waals surface area contributed by atoms with Gasteiger partial charge in [0, 0.05) is 25.0 Å². The van der Waals surface area contributed by atoms with Gasteiger partial charge in [0.25, 0.3) is 0 Å². The molecule has 5 heteroatoms. The first-order valence-corrected chi connectivity index (χ1v) is 6.84. The van der Waals surface area contributed by atoms with E-state index in [1.54, 1.807) is 4.90 Å². The Morgan fingerprint density at radius 1 is 1.28 bits per heavy atom. The number of hydrogen-bond acceptors (Lipinski definition) is 3. The van der Waals surface area contributed by atoms with E-state index in [4.69, 9.17) is 5.73 Å². The fourth-order valence-electron chi connectivity index (χ4n) is 2.47. The lowest BCUT2D eigenvalue weighted by atomic mass is 9.94. The lowest BCUT2D eigenvalue weighted by Gasteiger charge is -2.27. The number of nitrogens with zero attached hydrogens (tertiary/aromatic N) is 1. The zero-order valence-corrected chi connectivity index (χ0v) is 11.5. The highest BCUT2D eigenvalue weighted by atomic mass is 16.2. The van der Waals surface area contributed by atoms with E-state index in [9.17, 15) is 9.59 Å². The van der Waals surface area contributed by atoms with Gasteiger partial charge in [-0.25, -0.2) is 0 Å². The van der Waals surface area contributed by atoms with E-state index in [1.807, 2.05) is 13.8 Å². The molecule has 0 aromatic rings. The van der Waals surface area contributed by atoms with E-state index in [1.165, 1.54) is 0 Å². The van der Waals surface area contributed by atoms with Crippen molar-refractivity contribution < 1.29 is 9.59 Å². The lowest BCUT2D eigenvalue weighted by molar-refractivity contribution is -0.136. The Hall–Kier alpha value is -1.10. The van der Waals surface area contributed by atoms with E-state index in [-0.39, 0.29) is 23.9 Å². The molecular formula is C13H25N3O2. The van der Waals surface area contributed by atoms with Crippen molar-refractivity contribution in [1.29, 1.82) is 0 Å². The first kappa shape index (κ1) is 15.0. The molecule has 18 heavy (non-hydrogen) atoms. The van der Waals surface area contributed by atoms with Crippen LogP contribution in [0.15, 0.2) is 0 Å². The van der Waals surface area contributed by atoms with Crippen LogP contribution in [0.3, 0.4) is 0 Å². The maximum absolute atomic E-state index is 12.1. The van der Waals surface area contributed by atoms with Crippen LogP contribution in [0, 0.1) is 0 Å². The van der Waals surface area contributed by atoms with Crippen molar-refractivity contribution in [3.63, 3.8) is 0 Å². The topological polar surface area (TPSA) is 75.4 Å². The molecule has 1 rings (SSSR count). The van der Waals surface area contributed by atoms with Crippen molar-refractivity contribution in [3.05, 3.63) is 0 Å². The highest BCUT2D eigenvalue weighted by Crippen LogP contribution is 2.30. The lowest BCUT2D eigenvalue weighted by Crippen LogP contribution is -2.46. The molecule has 1 saturated carbocycles. The van der Waals surface area contributed by atoms with Gasteiger partial charge in [-0.3, -0.25) is 9.59 Å². The van der Waals surface area contributed by atoms with Gasteiger partial charge in [-0.05, 0) is 26.7 Å². The van der Waals surface area contributed by atoms with Crippen LogP contribution in [0.2, 0.25) is 0 Å². The summed E-state index contributed by atoms with van der Waals surface area (Å²) < 4.78 is 0. The monoisotopic (exact) mass is 255 g/mol. The van der Waals surface area contributed by atoms with Crippen molar-refractivity contribution in [2.45, 2.75) is 51.5 Å². The number of hydrogen-bond donors (Lipinski definition) is 2. The number of nitrogens with two attached hydrogens (primary N) is 1. The van der Waals surface area contributed by atoms with Gasteiger partial charge in [0.05, 0.1) is 6.54 Å². The Bertz CT molecular complexity index is 299. The van der Waals surface area contributed by atoms with Crippen molar-refractivity contribution >= 4 is 11.8 Å². The minimum Gasteiger partial charge on any atom is -0.355 e. The average molecular weight is 255 g/mol. The van der Waals surface area contributed by atoms with Crippen molar-refractivity contribution in [3.8, 4) is 0 Å². The summed E-state index contributed by atoms with van der Waals surface area (Å²) in [4.78, 5) is 25.2. The third-order valence-electron chi connectivity index (χ3n) is 3.55. The normalized spacial score (nSPS) is 17.5. The Morgan fingerprint density at radius 3 is 2.39 bits per heavy atom. The Balaban J connectivity index is 2.48. The summed E-state index contributed by atoms with van der Waals surface area (Å²) >= 11 is 0. The fraction of sp³-hybridized carbons (Fsp3) is 0.846. The van der Waals surface area contributed by atoms with Crippen LogP contribution in [0.25, 0.3) is 0 Å². The zero-order chi connectivity index (χ0) is 13.6. The average Bonchev–Trinajstić information content (AvgIpc) is 2.72. The van der Waals surface area contributed by atoms with Gasteiger partial charge >= 0.3 is 0 Å². The minimum absolute atomic E-state index is 0.00634. The molecule has 0 aliphatic heterocycles. The predicted molar refractivity (Wildman–Crippen MR) is 70.9 cm³/mol. The van der Waals surface area contributed by atoms with E-state index in [2.05, 4.69) is 5.32 Å². The molecule has 1 aliphatic rings. The summed E-state index contributed by atoms with van der Waals surface area (Å²) in [7, 11) is 0. The molecule has 0 aromatic carbocycles. The molecule has 1 fully saturated rings. The minimum atomic E-state index is -0.342. The molecular weight excluding hydrogens is 230 g/mol. The number of rotatable bonds is 6. The summed E-state index contributed by atoms with van der Waals surface area (Å²) in [6.45, 7) is 5.02. The zero-order valence-electron chi connectivity index (χ0n) is 11.5. The standard InChI is InChI=1S/C13H25N3O2/c1-3-15-11(17)10-16(4-2)12(18)9-13(14)7-5-6-8-13/h3-10,14H2,1-2H3,(H,15,17). The van der Waals surface area contributed by atoms with Gasteiger partial charge < -0.3 is 16.0 Å². The van der Waals surface area contributed by atoms with Gasteiger partial charge in [-0.2, -0.15) is 0 Å². The van der Waals surface area contributed by atoms with Crippen molar-refractivity contribution in [2.75, 3.05) is 19.6 Å². The number of likely N-dealkylation sites (N-methyl/N-ethyl adjacent to an activating group) is 2. The summed E-state index contributed by atoms with van der Waals surface area (Å²) in [5.41, 5.74) is 5.85. The third-order valence-corrected chi connectivity index (χ3v) is 3.55. The van der Waals surface area contributed by atoms with Crippen molar-refractivity contribution in [2.24, 2.45) is 5.73 Å². The number of amides is 2. The third kappa shape index (κ3) is 4.29. The van der Waals surface area contributed by atoms with Gasteiger partial charge in [0.2, 0.25) is 11.8 Å². The molecule has 0 aromatic heterocycles. The quantitative estimate of drug-likeness (QED) is 0.731. The number of nitrogens with one attached hydrogen (secondary N) is 1. The largest absolute Gasteiger partial charge is 0.355 e. The fourth-order valence-corrected chi connectivity index (χ4v) is 2.47. The van der Waals surface area contributed by atoms with Crippen LogP contribution in [0.5, 0.6) is 0 Å². The van der Waals surface area contributed by atoms with E-state index in [0.717, 1.165) is 25.7 Å². The van der Waals surface area contributed by atoms with Crippen molar-refractivity contribution in [1.82, 2.24) is 10.2 Å². The molecule has 0 heterocycles. The maximum Gasteiger partial charge on any atom is 0.239 e. The second kappa shape index (κ2) is 6.73.